The third-order valence-corrected chi connectivity index (χ3v) is 4.10. The molecule has 19 heavy (non-hydrogen) atoms. The SMILES string of the molecule is COc1cccc(C(=O)NCC2CCC(Cl)CC2)c1. The second-order valence-corrected chi connectivity index (χ2v) is 5.68. The van der Waals surface area contributed by atoms with Crippen molar-refractivity contribution in [1.29, 1.82) is 0 Å². The molecule has 4 heteroatoms. The fraction of sp³-hybridized carbons (Fsp3) is 0.533. The van der Waals surface area contributed by atoms with Crippen LogP contribution >= 0.6 is 11.6 Å². The maximum Gasteiger partial charge on any atom is 0.251 e. The topological polar surface area (TPSA) is 38.3 Å². The minimum absolute atomic E-state index is 0.0353. The molecule has 1 fully saturated rings. The maximum absolute atomic E-state index is 12.0. The summed E-state index contributed by atoms with van der Waals surface area (Å²) in [5.41, 5.74) is 0.644. The Morgan fingerprint density at radius 1 is 1.37 bits per heavy atom. The Bertz CT molecular complexity index is 428. The first kappa shape index (κ1) is 14.2. The lowest BCUT2D eigenvalue weighted by Gasteiger charge is -2.25. The molecule has 1 aliphatic carbocycles. The van der Waals surface area contributed by atoms with Crippen molar-refractivity contribution in [3.63, 3.8) is 0 Å². The first-order chi connectivity index (χ1) is 9.19. The van der Waals surface area contributed by atoms with Crippen LogP contribution in [0.3, 0.4) is 0 Å². The zero-order valence-corrected chi connectivity index (χ0v) is 12.0. The Morgan fingerprint density at radius 2 is 2.11 bits per heavy atom. The number of carbonyl (C=O) groups excluding carboxylic acids is 1. The molecule has 0 radical (unpaired) electrons. The van der Waals surface area contributed by atoms with Gasteiger partial charge in [-0.15, -0.1) is 11.6 Å². The Hall–Kier alpha value is -1.22. The summed E-state index contributed by atoms with van der Waals surface area (Å²) in [6, 6.07) is 7.21. The third-order valence-electron chi connectivity index (χ3n) is 3.66. The molecule has 0 aromatic heterocycles. The quantitative estimate of drug-likeness (QED) is 0.861. The molecule has 1 saturated carbocycles. The highest BCUT2D eigenvalue weighted by molar-refractivity contribution is 6.20. The molecule has 0 aliphatic heterocycles. The largest absolute Gasteiger partial charge is 0.497 e. The minimum Gasteiger partial charge on any atom is -0.497 e. The van der Waals surface area contributed by atoms with Crippen LogP contribution in [0.15, 0.2) is 24.3 Å². The van der Waals surface area contributed by atoms with E-state index in [1.807, 2.05) is 12.1 Å². The summed E-state index contributed by atoms with van der Waals surface area (Å²) in [6.45, 7) is 0.736. The molecule has 1 aliphatic rings. The molecule has 3 nitrogen and oxygen atoms in total. The number of methoxy groups -OCH3 is 1. The number of halogens is 1. The number of hydrogen-bond donors (Lipinski definition) is 1. The molecule has 1 N–H and O–H groups in total. The third kappa shape index (κ3) is 4.13. The van der Waals surface area contributed by atoms with E-state index >= 15 is 0 Å². The summed E-state index contributed by atoms with van der Waals surface area (Å²) in [5, 5.41) is 3.32. The van der Waals surface area contributed by atoms with Gasteiger partial charge in [0.1, 0.15) is 5.75 Å². The number of carbonyl (C=O) groups is 1. The fourth-order valence-electron chi connectivity index (χ4n) is 2.43. The molecule has 0 heterocycles. The summed E-state index contributed by atoms with van der Waals surface area (Å²) < 4.78 is 5.12. The number of nitrogens with one attached hydrogen (secondary N) is 1. The fourth-order valence-corrected chi connectivity index (χ4v) is 2.68. The van der Waals surface area contributed by atoms with Crippen LogP contribution in [0.25, 0.3) is 0 Å². The molecule has 0 bridgehead atoms. The van der Waals surface area contributed by atoms with Crippen LogP contribution in [0.2, 0.25) is 0 Å². The van der Waals surface area contributed by atoms with Crippen molar-refractivity contribution < 1.29 is 9.53 Å². The van der Waals surface area contributed by atoms with Gasteiger partial charge in [0.15, 0.2) is 0 Å². The van der Waals surface area contributed by atoms with Crippen molar-refractivity contribution in [3.8, 4) is 5.75 Å². The molecule has 0 spiro atoms. The van der Waals surface area contributed by atoms with Gasteiger partial charge in [-0.05, 0) is 49.8 Å². The molecular formula is C15H20ClNO2. The van der Waals surface area contributed by atoms with Crippen LogP contribution < -0.4 is 10.1 Å². The van der Waals surface area contributed by atoms with Crippen molar-refractivity contribution in [1.82, 2.24) is 5.32 Å². The van der Waals surface area contributed by atoms with Gasteiger partial charge in [-0.1, -0.05) is 6.07 Å². The van der Waals surface area contributed by atoms with E-state index in [0.29, 0.717) is 22.6 Å². The summed E-state index contributed by atoms with van der Waals surface area (Å²) in [5.74, 6) is 1.23. The number of benzene rings is 1. The molecular weight excluding hydrogens is 262 g/mol. The first-order valence-electron chi connectivity index (χ1n) is 6.75. The van der Waals surface area contributed by atoms with Gasteiger partial charge in [-0.3, -0.25) is 4.79 Å². The summed E-state index contributed by atoms with van der Waals surface area (Å²) in [7, 11) is 1.60. The van der Waals surface area contributed by atoms with Gasteiger partial charge in [-0.25, -0.2) is 0 Å². The van der Waals surface area contributed by atoms with Crippen molar-refractivity contribution in [3.05, 3.63) is 29.8 Å². The summed E-state index contributed by atoms with van der Waals surface area (Å²) in [6.07, 6.45) is 4.32. The zero-order valence-electron chi connectivity index (χ0n) is 11.2. The van der Waals surface area contributed by atoms with E-state index in [1.165, 1.54) is 0 Å². The smallest absolute Gasteiger partial charge is 0.251 e. The number of rotatable bonds is 4. The minimum atomic E-state index is -0.0353. The highest BCUT2D eigenvalue weighted by Crippen LogP contribution is 2.27. The van der Waals surface area contributed by atoms with Crippen LogP contribution in [0, 0.1) is 5.92 Å². The second-order valence-electron chi connectivity index (χ2n) is 5.06. The zero-order chi connectivity index (χ0) is 13.7. The van der Waals surface area contributed by atoms with Gasteiger partial charge in [0, 0.05) is 17.5 Å². The Balaban J connectivity index is 1.83. The van der Waals surface area contributed by atoms with Gasteiger partial charge in [0.2, 0.25) is 0 Å². The van der Waals surface area contributed by atoms with E-state index in [2.05, 4.69) is 5.32 Å². The van der Waals surface area contributed by atoms with Gasteiger partial charge < -0.3 is 10.1 Å². The Morgan fingerprint density at radius 3 is 2.79 bits per heavy atom. The lowest BCUT2D eigenvalue weighted by atomic mass is 9.89. The standard InChI is InChI=1S/C15H20ClNO2/c1-19-14-4-2-3-12(9-14)15(18)17-10-11-5-7-13(16)8-6-11/h2-4,9,11,13H,5-8,10H2,1H3,(H,17,18). The second kappa shape index (κ2) is 6.80. The molecule has 1 aromatic carbocycles. The van der Waals surface area contributed by atoms with Crippen molar-refractivity contribution in [2.24, 2.45) is 5.92 Å². The summed E-state index contributed by atoms with van der Waals surface area (Å²) in [4.78, 5) is 12.0. The van der Waals surface area contributed by atoms with Gasteiger partial charge in [0.05, 0.1) is 7.11 Å². The number of ether oxygens (including phenoxy) is 1. The highest BCUT2D eigenvalue weighted by Gasteiger charge is 2.20. The van der Waals surface area contributed by atoms with E-state index in [9.17, 15) is 4.79 Å². The van der Waals surface area contributed by atoms with E-state index in [0.717, 1.165) is 32.2 Å². The predicted molar refractivity (Wildman–Crippen MR) is 76.9 cm³/mol. The molecule has 0 saturated heterocycles. The van der Waals surface area contributed by atoms with E-state index in [4.69, 9.17) is 16.3 Å². The molecule has 104 valence electrons. The number of amides is 1. The molecule has 0 atom stereocenters. The van der Waals surface area contributed by atoms with E-state index < -0.39 is 0 Å². The van der Waals surface area contributed by atoms with E-state index in [1.54, 1.807) is 19.2 Å². The van der Waals surface area contributed by atoms with Crippen molar-refractivity contribution in [2.45, 2.75) is 31.1 Å². The van der Waals surface area contributed by atoms with Crippen LogP contribution in [0.4, 0.5) is 0 Å². The summed E-state index contributed by atoms with van der Waals surface area (Å²) >= 11 is 6.07. The monoisotopic (exact) mass is 281 g/mol. The van der Waals surface area contributed by atoms with Crippen LogP contribution in [-0.4, -0.2) is 24.9 Å². The van der Waals surface area contributed by atoms with Crippen LogP contribution in [-0.2, 0) is 0 Å². The van der Waals surface area contributed by atoms with Gasteiger partial charge in [0.25, 0.3) is 5.91 Å². The number of hydrogen-bond acceptors (Lipinski definition) is 2. The first-order valence-corrected chi connectivity index (χ1v) is 7.19. The predicted octanol–water partition coefficient (Wildman–Crippen LogP) is 3.22. The Labute approximate surface area is 119 Å². The van der Waals surface area contributed by atoms with Crippen molar-refractivity contribution >= 4 is 17.5 Å². The normalized spacial score (nSPS) is 22.8. The van der Waals surface area contributed by atoms with E-state index in [-0.39, 0.29) is 5.91 Å². The van der Waals surface area contributed by atoms with Crippen LogP contribution in [0.5, 0.6) is 5.75 Å². The van der Waals surface area contributed by atoms with Crippen LogP contribution in [0.1, 0.15) is 36.0 Å². The number of alkyl halides is 1. The average Bonchev–Trinajstić information content (AvgIpc) is 2.46. The molecule has 2 rings (SSSR count). The lowest BCUT2D eigenvalue weighted by Crippen LogP contribution is -2.31. The highest BCUT2D eigenvalue weighted by atomic mass is 35.5. The van der Waals surface area contributed by atoms with Gasteiger partial charge >= 0.3 is 0 Å². The molecule has 1 amide bonds. The lowest BCUT2D eigenvalue weighted by molar-refractivity contribution is 0.0943. The Kier molecular flexibility index (Phi) is 5.08. The average molecular weight is 282 g/mol. The van der Waals surface area contributed by atoms with Gasteiger partial charge in [-0.2, -0.15) is 0 Å². The van der Waals surface area contributed by atoms with Crippen molar-refractivity contribution in [2.75, 3.05) is 13.7 Å². The molecule has 0 unspecified atom stereocenters. The maximum atomic E-state index is 12.0. The molecule has 1 aromatic rings.